The molecule has 1 fully saturated rings. The van der Waals surface area contributed by atoms with E-state index in [1.807, 2.05) is 6.07 Å². The first kappa shape index (κ1) is 28.9. The van der Waals surface area contributed by atoms with Gasteiger partial charge in [-0.05, 0) is 46.1 Å². The number of piperidine rings is 1. The van der Waals surface area contributed by atoms with Crippen molar-refractivity contribution in [1.82, 2.24) is 19.5 Å². The van der Waals surface area contributed by atoms with Crippen LogP contribution in [-0.2, 0) is 14.6 Å². The van der Waals surface area contributed by atoms with Gasteiger partial charge in [-0.1, -0.05) is 0 Å². The van der Waals surface area contributed by atoms with Gasteiger partial charge in [0.05, 0.1) is 16.8 Å². The number of nitriles is 1. The van der Waals surface area contributed by atoms with Crippen LogP contribution in [-0.4, -0.2) is 90.9 Å². The average molecular weight is 551 g/mol. The molecule has 1 amide bonds. The van der Waals surface area contributed by atoms with Crippen molar-refractivity contribution in [1.29, 1.82) is 5.26 Å². The van der Waals surface area contributed by atoms with Crippen LogP contribution in [0.2, 0.25) is 0 Å². The maximum Gasteiger partial charge on any atom is 0.410 e. The van der Waals surface area contributed by atoms with Gasteiger partial charge in [0, 0.05) is 32.5 Å². The first-order valence-corrected chi connectivity index (χ1v) is 13.6. The largest absolute Gasteiger partial charge is 0.472 e. The third kappa shape index (κ3) is 7.20. The van der Waals surface area contributed by atoms with Gasteiger partial charge in [0.1, 0.15) is 30.0 Å². The van der Waals surface area contributed by atoms with Gasteiger partial charge < -0.3 is 24.5 Å². The Hall–Kier alpha value is -3.70. The van der Waals surface area contributed by atoms with Crippen molar-refractivity contribution in [2.45, 2.75) is 43.8 Å². The first-order chi connectivity index (χ1) is 17.9. The molecular formula is C24H31FN6O6S. The number of nitrogens with zero attached hydrogens (tertiary/aromatic N) is 6. The number of rotatable bonds is 8. The van der Waals surface area contributed by atoms with Gasteiger partial charge in [-0.15, -0.1) is 4.73 Å². The topological polar surface area (TPSA) is 150 Å². The number of likely N-dealkylation sites (tertiary alicyclic amines) is 1. The normalized spacial score (nSPS) is 15.1. The van der Waals surface area contributed by atoms with E-state index in [1.54, 1.807) is 37.7 Å². The van der Waals surface area contributed by atoms with Gasteiger partial charge in [0.2, 0.25) is 0 Å². The molecule has 0 saturated carbocycles. The minimum Gasteiger partial charge on any atom is -0.472 e. The summed E-state index contributed by atoms with van der Waals surface area (Å²) >= 11 is 0. The Kier molecular flexibility index (Phi) is 9.29. The molecular weight excluding hydrogens is 519 g/mol. The molecule has 0 aliphatic carbocycles. The van der Waals surface area contributed by atoms with Crippen molar-refractivity contribution >= 4 is 21.6 Å². The smallest absolute Gasteiger partial charge is 0.410 e. The summed E-state index contributed by atoms with van der Waals surface area (Å²) in [6.07, 6.45) is 0.716. The van der Waals surface area contributed by atoms with Crippen LogP contribution in [0.15, 0.2) is 34.4 Å². The first-order valence-electron chi connectivity index (χ1n) is 12.0. The number of amides is 1. The quantitative estimate of drug-likeness (QED) is 0.487. The molecule has 14 heteroatoms. The van der Waals surface area contributed by atoms with E-state index in [4.69, 9.17) is 9.47 Å². The standard InChI is InChI=1S/C24H31FN6O6S/c1-16(2)36-24(32)30-9-7-17(8-10-30)37-23-19(14-26)22(27-15-31(23)33)28-21-6-5-18(13-20(21)25)38(34,35)12-11-29(3)4/h5-6,13,15-17,33H,7-12H2,1-4H3. The highest BCUT2D eigenvalue weighted by Crippen LogP contribution is 2.24. The zero-order valence-corrected chi connectivity index (χ0v) is 22.5. The van der Waals surface area contributed by atoms with E-state index in [9.17, 15) is 28.1 Å². The molecule has 0 bridgehead atoms. The number of sulfone groups is 1. The Morgan fingerprint density at radius 3 is 2.61 bits per heavy atom. The molecule has 38 heavy (non-hydrogen) atoms. The molecule has 0 spiro atoms. The number of hydrogen-bond acceptors (Lipinski definition) is 10. The van der Waals surface area contributed by atoms with Crippen molar-refractivity contribution in [2.24, 2.45) is 4.99 Å². The highest BCUT2D eigenvalue weighted by molar-refractivity contribution is 7.91. The fourth-order valence-corrected chi connectivity index (χ4v) is 5.03. The Labute approximate surface area is 220 Å². The summed E-state index contributed by atoms with van der Waals surface area (Å²) in [5.74, 6) is -1.32. The van der Waals surface area contributed by atoms with E-state index in [-0.39, 0.29) is 45.9 Å². The average Bonchev–Trinajstić information content (AvgIpc) is 2.86. The minimum absolute atomic E-state index is 0.177. The molecule has 0 unspecified atom stereocenters. The van der Waals surface area contributed by atoms with Gasteiger partial charge in [0.25, 0.3) is 5.88 Å². The van der Waals surface area contributed by atoms with E-state index in [0.29, 0.717) is 30.7 Å². The third-order valence-corrected chi connectivity index (χ3v) is 7.37. The van der Waals surface area contributed by atoms with Crippen molar-refractivity contribution in [3.05, 3.63) is 41.4 Å². The van der Waals surface area contributed by atoms with E-state index in [1.165, 1.54) is 12.1 Å². The van der Waals surface area contributed by atoms with Crippen molar-refractivity contribution in [3.63, 3.8) is 0 Å². The second-order valence-corrected chi connectivity index (χ2v) is 11.4. The van der Waals surface area contributed by atoms with Crippen LogP contribution < -0.4 is 10.2 Å². The summed E-state index contributed by atoms with van der Waals surface area (Å²) in [5.41, 5.74) is -0.689. The fraction of sp³-hybridized carbons (Fsp3) is 0.500. The molecule has 1 aromatic heterocycles. The predicted octanol–water partition coefficient (Wildman–Crippen LogP) is 2.09. The fourth-order valence-electron chi connectivity index (χ4n) is 3.63. The van der Waals surface area contributed by atoms with Crippen molar-refractivity contribution in [2.75, 3.05) is 39.5 Å². The van der Waals surface area contributed by atoms with Gasteiger partial charge >= 0.3 is 6.09 Å². The van der Waals surface area contributed by atoms with Gasteiger partial charge in [-0.3, -0.25) is 0 Å². The van der Waals surface area contributed by atoms with E-state index >= 15 is 0 Å². The van der Waals surface area contributed by atoms with Crippen LogP contribution in [0.5, 0.6) is 5.88 Å². The summed E-state index contributed by atoms with van der Waals surface area (Å²) in [6, 6.07) is 5.18. The van der Waals surface area contributed by atoms with Gasteiger partial charge in [-0.2, -0.15) is 5.26 Å². The molecule has 0 atom stereocenters. The van der Waals surface area contributed by atoms with E-state index < -0.39 is 27.9 Å². The van der Waals surface area contributed by atoms with E-state index in [2.05, 4.69) is 9.98 Å². The molecule has 12 nitrogen and oxygen atoms in total. The summed E-state index contributed by atoms with van der Waals surface area (Å²) in [5, 5.41) is 20.0. The molecule has 206 valence electrons. The summed E-state index contributed by atoms with van der Waals surface area (Å²) < 4.78 is 51.4. The molecule has 0 radical (unpaired) electrons. The lowest BCUT2D eigenvalue weighted by Gasteiger charge is -2.32. The molecule has 1 aromatic carbocycles. The monoisotopic (exact) mass is 550 g/mol. The highest BCUT2D eigenvalue weighted by Gasteiger charge is 2.27. The second kappa shape index (κ2) is 12.2. The number of hydrogen-bond donors (Lipinski definition) is 1. The molecule has 1 N–H and O–H groups in total. The Morgan fingerprint density at radius 2 is 2.03 bits per heavy atom. The second-order valence-electron chi connectivity index (χ2n) is 9.29. The van der Waals surface area contributed by atoms with E-state index in [0.717, 1.165) is 12.4 Å². The number of aromatic nitrogens is 2. The summed E-state index contributed by atoms with van der Waals surface area (Å²) in [7, 11) is -0.235. The van der Waals surface area contributed by atoms with Crippen LogP contribution in [0.25, 0.3) is 0 Å². The number of halogens is 1. The SMILES string of the molecule is CC(C)OC(=O)N1CCC(Oc2c(C#N)c(=Nc3ccc(S(=O)(=O)CCN(C)C)cc3F)ncn2O)CC1. The lowest BCUT2D eigenvalue weighted by Crippen LogP contribution is -2.43. The molecule has 1 saturated heterocycles. The molecule has 3 rings (SSSR count). The number of carbonyl (C=O) groups excluding carboxylic acids is 1. The van der Waals surface area contributed by atoms with Crippen molar-refractivity contribution < 1.29 is 32.3 Å². The maximum atomic E-state index is 14.8. The zero-order chi connectivity index (χ0) is 28.0. The molecule has 1 aliphatic rings. The Bertz CT molecular complexity index is 1380. The lowest BCUT2D eigenvalue weighted by atomic mass is 10.1. The molecule has 2 aromatic rings. The van der Waals surface area contributed by atoms with Crippen LogP contribution in [0.1, 0.15) is 32.3 Å². The van der Waals surface area contributed by atoms with Crippen LogP contribution in [0, 0.1) is 17.1 Å². The Balaban J connectivity index is 1.83. The number of ether oxygens (including phenoxy) is 2. The number of carbonyl (C=O) groups is 1. The minimum atomic E-state index is -3.70. The van der Waals surface area contributed by atoms with Crippen LogP contribution in [0.3, 0.4) is 0 Å². The lowest BCUT2D eigenvalue weighted by molar-refractivity contribution is 0.0408. The van der Waals surface area contributed by atoms with Gasteiger partial charge in [0.15, 0.2) is 20.9 Å². The maximum absolute atomic E-state index is 14.8. The van der Waals surface area contributed by atoms with Crippen LogP contribution in [0.4, 0.5) is 14.9 Å². The summed E-state index contributed by atoms with van der Waals surface area (Å²) in [6.45, 7) is 4.53. The summed E-state index contributed by atoms with van der Waals surface area (Å²) in [4.78, 5) is 23.2. The van der Waals surface area contributed by atoms with Crippen molar-refractivity contribution in [3.8, 4) is 11.9 Å². The highest BCUT2D eigenvalue weighted by atomic mass is 32.2. The van der Waals surface area contributed by atoms with Crippen LogP contribution >= 0.6 is 0 Å². The molecule has 1 aliphatic heterocycles. The van der Waals surface area contributed by atoms with Gasteiger partial charge in [-0.25, -0.2) is 27.6 Å². The molecule has 2 heterocycles. The Morgan fingerprint density at radius 1 is 1.34 bits per heavy atom. The number of benzene rings is 1. The predicted molar refractivity (Wildman–Crippen MR) is 133 cm³/mol. The zero-order valence-electron chi connectivity index (χ0n) is 21.7. The third-order valence-electron chi connectivity index (χ3n) is 5.67.